The van der Waals surface area contributed by atoms with Crippen LogP contribution in [0, 0.1) is 5.82 Å². The average Bonchev–Trinajstić information content (AvgIpc) is 3.37. The Kier molecular flexibility index (Phi) is 6.20. The van der Waals surface area contributed by atoms with Gasteiger partial charge in [-0.2, -0.15) is 0 Å². The van der Waals surface area contributed by atoms with Crippen LogP contribution in [0.4, 0.5) is 4.39 Å². The fourth-order valence-corrected chi connectivity index (χ4v) is 6.50. The standard InChI is InChI=1S/C34H31FN2O3/c1-38-25-7-5-6-21(16-25)20-40-32-19-27-23(17-31(32)39-2)14-15-37-30(27)18-28-26-8-3-4-9-29(26)36-33(28)34(37)22-10-12-24(35)13-11-22/h3-13,16-17,19,30,34,36H,14-15,18,20H2,1-2H3. The Bertz CT molecular complexity index is 1690. The normalized spacial score (nSPS) is 18.1. The maximum Gasteiger partial charge on any atom is 0.162 e. The third-order valence-electron chi connectivity index (χ3n) is 8.39. The van der Waals surface area contributed by atoms with E-state index in [1.807, 2.05) is 36.4 Å². The van der Waals surface area contributed by atoms with Gasteiger partial charge in [0.25, 0.3) is 0 Å². The molecule has 1 aromatic heterocycles. The van der Waals surface area contributed by atoms with E-state index in [-0.39, 0.29) is 17.9 Å². The van der Waals surface area contributed by atoms with Crippen LogP contribution in [0.3, 0.4) is 0 Å². The molecule has 202 valence electrons. The molecule has 2 unspecified atom stereocenters. The molecule has 6 heteroatoms. The number of aromatic nitrogens is 1. The van der Waals surface area contributed by atoms with Gasteiger partial charge in [0.1, 0.15) is 18.2 Å². The van der Waals surface area contributed by atoms with E-state index in [2.05, 4.69) is 46.3 Å². The zero-order valence-electron chi connectivity index (χ0n) is 22.6. The molecule has 0 saturated carbocycles. The van der Waals surface area contributed by atoms with Gasteiger partial charge in [-0.1, -0.05) is 42.5 Å². The van der Waals surface area contributed by atoms with Gasteiger partial charge in [0.2, 0.25) is 0 Å². The molecule has 3 heterocycles. The summed E-state index contributed by atoms with van der Waals surface area (Å²) in [6.45, 7) is 1.30. The van der Waals surface area contributed by atoms with E-state index in [0.29, 0.717) is 6.61 Å². The number of H-pyrrole nitrogens is 1. The molecule has 5 aromatic rings. The van der Waals surface area contributed by atoms with Gasteiger partial charge < -0.3 is 19.2 Å². The second kappa shape index (κ2) is 10.0. The minimum atomic E-state index is -0.220. The molecule has 0 amide bonds. The number of methoxy groups -OCH3 is 2. The topological polar surface area (TPSA) is 46.7 Å². The average molecular weight is 535 g/mol. The first-order valence-corrected chi connectivity index (χ1v) is 13.7. The van der Waals surface area contributed by atoms with Gasteiger partial charge in [0.15, 0.2) is 11.5 Å². The van der Waals surface area contributed by atoms with Crippen LogP contribution in [0.25, 0.3) is 10.9 Å². The number of aromatic amines is 1. The first-order chi connectivity index (χ1) is 19.6. The summed E-state index contributed by atoms with van der Waals surface area (Å²) in [5.41, 5.74) is 8.33. The van der Waals surface area contributed by atoms with Crippen LogP contribution < -0.4 is 14.2 Å². The van der Waals surface area contributed by atoms with Gasteiger partial charge in [-0.25, -0.2) is 4.39 Å². The number of ether oxygens (including phenoxy) is 3. The van der Waals surface area contributed by atoms with E-state index in [0.717, 1.165) is 53.3 Å². The minimum Gasteiger partial charge on any atom is -0.497 e. The number of fused-ring (bicyclic) bond motifs is 6. The van der Waals surface area contributed by atoms with Crippen molar-refractivity contribution < 1.29 is 18.6 Å². The molecule has 4 aromatic carbocycles. The van der Waals surface area contributed by atoms with Crippen LogP contribution in [-0.2, 0) is 19.4 Å². The summed E-state index contributed by atoms with van der Waals surface area (Å²) in [6, 6.07) is 27.8. The number of rotatable bonds is 6. The highest BCUT2D eigenvalue weighted by molar-refractivity contribution is 5.85. The summed E-state index contributed by atoms with van der Waals surface area (Å²) < 4.78 is 31.5. The van der Waals surface area contributed by atoms with Gasteiger partial charge in [-0.15, -0.1) is 0 Å². The molecular weight excluding hydrogens is 503 g/mol. The Morgan fingerprint density at radius 3 is 2.58 bits per heavy atom. The Labute approximate surface area is 233 Å². The van der Waals surface area contributed by atoms with E-state index < -0.39 is 0 Å². The second-order valence-corrected chi connectivity index (χ2v) is 10.6. The summed E-state index contributed by atoms with van der Waals surface area (Å²) >= 11 is 0. The van der Waals surface area contributed by atoms with Crippen LogP contribution in [0.15, 0.2) is 84.9 Å². The zero-order chi connectivity index (χ0) is 27.2. The van der Waals surface area contributed by atoms with Gasteiger partial charge in [-0.3, -0.25) is 4.90 Å². The Hall–Kier alpha value is -4.29. The van der Waals surface area contributed by atoms with E-state index in [1.165, 1.54) is 27.8 Å². The number of halogens is 1. The molecule has 0 fully saturated rings. The largest absolute Gasteiger partial charge is 0.497 e. The zero-order valence-corrected chi connectivity index (χ0v) is 22.6. The number of hydrogen-bond acceptors (Lipinski definition) is 4. The van der Waals surface area contributed by atoms with E-state index >= 15 is 0 Å². The third-order valence-corrected chi connectivity index (χ3v) is 8.39. The molecule has 0 aliphatic carbocycles. The lowest BCUT2D eigenvalue weighted by Crippen LogP contribution is -2.43. The summed E-state index contributed by atoms with van der Waals surface area (Å²) in [4.78, 5) is 6.28. The van der Waals surface area contributed by atoms with Crippen molar-refractivity contribution in [3.05, 3.63) is 124 Å². The van der Waals surface area contributed by atoms with Crippen molar-refractivity contribution in [1.29, 1.82) is 0 Å². The number of benzene rings is 4. The molecule has 0 radical (unpaired) electrons. The molecule has 0 bridgehead atoms. The van der Waals surface area contributed by atoms with Crippen molar-refractivity contribution >= 4 is 10.9 Å². The summed E-state index contributed by atoms with van der Waals surface area (Å²) in [5.74, 6) is 2.06. The molecule has 2 aliphatic rings. The summed E-state index contributed by atoms with van der Waals surface area (Å²) in [5, 5.41) is 1.25. The molecule has 0 spiro atoms. The highest BCUT2D eigenvalue weighted by atomic mass is 19.1. The second-order valence-electron chi connectivity index (χ2n) is 10.6. The van der Waals surface area contributed by atoms with Crippen molar-refractivity contribution in [2.24, 2.45) is 0 Å². The molecule has 0 saturated heterocycles. The maximum atomic E-state index is 13.9. The number of hydrogen-bond donors (Lipinski definition) is 1. The predicted molar refractivity (Wildman–Crippen MR) is 154 cm³/mol. The molecule has 7 rings (SSSR count). The number of nitrogens with zero attached hydrogens (tertiary/aromatic N) is 1. The van der Waals surface area contributed by atoms with Gasteiger partial charge >= 0.3 is 0 Å². The molecule has 40 heavy (non-hydrogen) atoms. The quantitative estimate of drug-likeness (QED) is 0.251. The van der Waals surface area contributed by atoms with Crippen LogP contribution in [0.2, 0.25) is 0 Å². The SMILES string of the molecule is COc1cccc(COc2cc3c(cc2OC)CCN2C3Cc3c([nH]c4ccccc34)C2c2ccc(F)cc2)c1. The lowest BCUT2D eigenvalue weighted by Gasteiger charge is -2.46. The molecule has 5 nitrogen and oxygen atoms in total. The van der Waals surface area contributed by atoms with E-state index in [1.54, 1.807) is 26.4 Å². The van der Waals surface area contributed by atoms with Gasteiger partial charge in [0.05, 0.1) is 20.3 Å². The van der Waals surface area contributed by atoms with Crippen LogP contribution in [0.5, 0.6) is 17.2 Å². The maximum absolute atomic E-state index is 13.9. The van der Waals surface area contributed by atoms with Crippen molar-refractivity contribution in [3.8, 4) is 17.2 Å². The number of nitrogens with one attached hydrogen (secondary N) is 1. The van der Waals surface area contributed by atoms with Crippen LogP contribution >= 0.6 is 0 Å². The molecule has 2 atom stereocenters. The lowest BCUT2D eigenvalue weighted by atomic mass is 9.80. The smallest absolute Gasteiger partial charge is 0.162 e. The highest BCUT2D eigenvalue weighted by Crippen LogP contribution is 2.49. The van der Waals surface area contributed by atoms with Crippen molar-refractivity contribution in [1.82, 2.24) is 9.88 Å². The molecule has 1 N–H and O–H groups in total. The first kappa shape index (κ1) is 24.7. The lowest BCUT2D eigenvalue weighted by molar-refractivity contribution is 0.127. The fourth-order valence-electron chi connectivity index (χ4n) is 6.50. The van der Waals surface area contributed by atoms with Gasteiger partial charge in [0, 0.05) is 29.2 Å². The monoisotopic (exact) mass is 534 g/mol. The fraction of sp³-hybridized carbons (Fsp3) is 0.235. The Morgan fingerprint density at radius 1 is 0.900 bits per heavy atom. The Balaban J connectivity index is 1.31. The van der Waals surface area contributed by atoms with E-state index in [9.17, 15) is 4.39 Å². The molecule has 2 aliphatic heterocycles. The summed E-state index contributed by atoms with van der Waals surface area (Å²) in [7, 11) is 3.36. The molecular formula is C34H31FN2O3. The van der Waals surface area contributed by atoms with Crippen molar-refractivity contribution in [2.45, 2.75) is 31.5 Å². The summed E-state index contributed by atoms with van der Waals surface area (Å²) in [6.07, 6.45) is 1.78. The van der Waals surface area contributed by atoms with Crippen molar-refractivity contribution in [3.63, 3.8) is 0 Å². The van der Waals surface area contributed by atoms with E-state index in [4.69, 9.17) is 14.2 Å². The van der Waals surface area contributed by atoms with Crippen LogP contribution in [-0.4, -0.2) is 30.6 Å². The Morgan fingerprint density at radius 2 is 1.75 bits per heavy atom. The highest BCUT2D eigenvalue weighted by Gasteiger charge is 2.41. The van der Waals surface area contributed by atoms with Gasteiger partial charge in [-0.05, 0) is 83.1 Å². The van der Waals surface area contributed by atoms with Crippen LogP contribution in [0.1, 0.15) is 45.6 Å². The minimum absolute atomic E-state index is 0.00171. The number of para-hydroxylation sites is 1. The predicted octanol–water partition coefficient (Wildman–Crippen LogP) is 7.15. The first-order valence-electron chi connectivity index (χ1n) is 13.7. The third kappa shape index (κ3) is 4.20. The van der Waals surface area contributed by atoms with Crippen molar-refractivity contribution in [2.75, 3.05) is 20.8 Å².